The topological polar surface area (TPSA) is 117 Å². The summed E-state index contributed by atoms with van der Waals surface area (Å²) >= 11 is 0. The van der Waals surface area contributed by atoms with Crippen molar-refractivity contribution >= 4 is 17.6 Å². The number of nitrogens with one attached hydrogen (secondary N) is 1. The zero-order valence-corrected chi connectivity index (χ0v) is 20.5. The minimum atomic E-state index is -0.392. The Kier molecular flexibility index (Phi) is 8.13. The first kappa shape index (κ1) is 25.1. The first-order chi connectivity index (χ1) is 17.4. The van der Waals surface area contributed by atoms with Crippen molar-refractivity contribution in [2.45, 2.75) is 13.0 Å². The van der Waals surface area contributed by atoms with Crippen molar-refractivity contribution in [2.24, 2.45) is 7.05 Å². The standard InChI is InChI=1S/C25H29N5O6/c1-17(16-33-3)35-22-14-19(24(31)26-21-8-9-29(2)28-21)15-23(27-22)36-20-6-4-18(5-7-20)25(32)30-10-12-34-13-11-30/h4-9,14-15,17H,10-13,16H2,1-3H3,(H,26,28,31)/t17-/m1/s1. The first-order valence-electron chi connectivity index (χ1n) is 11.5. The van der Waals surface area contributed by atoms with Gasteiger partial charge in [-0.1, -0.05) is 0 Å². The minimum absolute atomic E-state index is 0.0565. The molecule has 0 spiro atoms. The van der Waals surface area contributed by atoms with Gasteiger partial charge in [-0.05, 0) is 31.2 Å². The number of aryl methyl sites for hydroxylation is 1. The third-order valence-electron chi connectivity index (χ3n) is 5.34. The predicted octanol–water partition coefficient (Wildman–Crippen LogP) is 2.75. The number of anilines is 1. The van der Waals surface area contributed by atoms with Gasteiger partial charge in [-0.2, -0.15) is 10.1 Å². The average Bonchev–Trinajstić information content (AvgIpc) is 3.29. The molecule has 0 bridgehead atoms. The van der Waals surface area contributed by atoms with E-state index >= 15 is 0 Å². The van der Waals surface area contributed by atoms with Gasteiger partial charge >= 0.3 is 0 Å². The van der Waals surface area contributed by atoms with Crippen LogP contribution in [0, 0.1) is 0 Å². The SMILES string of the molecule is COC[C@@H](C)Oc1cc(C(=O)Nc2ccn(C)n2)cc(Oc2ccc(C(=O)N3CCOCC3)cc2)n1. The lowest BCUT2D eigenvalue weighted by Gasteiger charge is -2.26. The zero-order chi connectivity index (χ0) is 25.5. The monoisotopic (exact) mass is 495 g/mol. The highest BCUT2D eigenvalue weighted by Gasteiger charge is 2.19. The van der Waals surface area contributed by atoms with Crippen LogP contribution >= 0.6 is 0 Å². The summed E-state index contributed by atoms with van der Waals surface area (Å²) in [5, 5.41) is 6.91. The molecule has 4 rings (SSSR count). The Morgan fingerprint density at radius 2 is 1.81 bits per heavy atom. The number of nitrogens with zero attached hydrogens (tertiary/aromatic N) is 4. The van der Waals surface area contributed by atoms with Gasteiger partial charge in [0.2, 0.25) is 11.8 Å². The number of methoxy groups -OCH3 is 1. The van der Waals surface area contributed by atoms with Crippen molar-refractivity contribution in [3.8, 4) is 17.5 Å². The molecule has 190 valence electrons. The van der Waals surface area contributed by atoms with E-state index < -0.39 is 5.91 Å². The molecule has 11 heteroatoms. The summed E-state index contributed by atoms with van der Waals surface area (Å²) in [7, 11) is 3.34. The fourth-order valence-electron chi connectivity index (χ4n) is 3.61. The van der Waals surface area contributed by atoms with E-state index in [1.165, 1.54) is 12.1 Å². The molecule has 3 heterocycles. The van der Waals surface area contributed by atoms with E-state index in [4.69, 9.17) is 18.9 Å². The van der Waals surface area contributed by atoms with Crippen LogP contribution in [0.5, 0.6) is 17.5 Å². The molecule has 11 nitrogen and oxygen atoms in total. The van der Waals surface area contributed by atoms with Crippen molar-refractivity contribution in [3.05, 3.63) is 59.8 Å². The number of morpholine rings is 1. The average molecular weight is 496 g/mol. The Morgan fingerprint density at radius 1 is 1.08 bits per heavy atom. The van der Waals surface area contributed by atoms with Gasteiger partial charge < -0.3 is 29.2 Å². The summed E-state index contributed by atoms with van der Waals surface area (Å²) < 4.78 is 23.8. The summed E-state index contributed by atoms with van der Waals surface area (Å²) in [6.07, 6.45) is 1.43. The van der Waals surface area contributed by atoms with Gasteiger partial charge in [-0.3, -0.25) is 14.3 Å². The van der Waals surface area contributed by atoms with Crippen LogP contribution in [0.15, 0.2) is 48.7 Å². The molecule has 36 heavy (non-hydrogen) atoms. The van der Waals surface area contributed by atoms with E-state index in [0.717, 1.165) is 0 Å². The lowest BCUT2D eigenvalue weighted by molar-refractivity contribution is 0.0303. The molecule has 2 aromatic heterocycles. The van der Waals surface area contributed by atoms with E-state index in [9.17, 15) is 9.59 Å². The van der Waals surface area contributed by atoms with Crippen LogP contribution in [-0.2, 0) is 16.5 Å². The largest absolute Gasteiger partial charge is 0.472 e. The fourth-order valence-corrected chi connectivity index (χ4v) is 3.61. The Morgan fingerprint density at radius 3 is 2.47 bits per heavy atom. The summed E-state index contributed by atoms with van der Waals surface area (Å²) in [4.78, 5) is 31.7. The van der Waals surface area contributed by atoms with Crippen LogP contribution in [0.3, 0.4) is 0 Å². The zero-order valence-electron chi connectivity index (χ0n) is 20.5. The predicted molar refractivity (Wildman–Crippen MR) is 131 cm³/mol. The maximum absolute atomic E-state index is 12.9. The number of pyridine rings is 1. The Hall–Kier alpha value is -3.96. The van der Waals surface area contributed by atoms with Gasteiger partial charge in [0.25, 0.3) is 11.8 Å². The van der Waals surface area contributed by atoms with Crippen LogP contribution < -0.4 is 14.8 Å². The van der Waals surface area contributed by atoms with Crippen molar-refractivity contribution in [2.75, 3.05) is 45.3 Å². The molecule has 1 aromatic carbocycles. The number of aromatic nitrogens is 3. The first-order valence-corrected chi connectivity index (χ1v) is 11.5. The molecule has 1 aliphatic heterocycles. The highest BCUT2D eigenvalue weighted by Crippen LogP contribution is 2.26. The molecule has 2 amide bonds. The molecule has 1 atom stereocenters. The van der Waals surface area contributed by atoms with E-state index in [1.54, 1.807) is 60.3 Å². The molecule has 0 aliphatic carbocycles. The quantitative estimate of drug-likeness (QED) is 0.482. The Labute approximate surface area is 208 Å². The molecule has 3 aromatic rings. The number of ether oxygens (including phenoxy) is 4. The molecule has 0 unspecified atom stereocenters. The number of carbonyl (C=O) groups is 2. The van der Waals surface area contributed by atoms with Crippen molar-refractivity contribution in [1.82, 2.24) is 19.7 Å². The second-order valence-corrected chi connectivity index (χ2v) is 8.28. The second kappa shape index (κ2) is 11.6. The smallest absolute Gasteiger partial charge is 0.257 e. The van der Waals surface area contributed by atoms with E-state index in [2.05, 4.69) is 15.4 Å². The van der Waals surface area contributed by atoms with Crippen LogP contribution in [0.25, 0.3) is 0 Å². The summed E-state index contributed by atoms with van der Waals surface area (Å²) in [5.74, 6) is 0.797. The van der Waals surface area contributed by atoms with Crippen LogP contribution in [0.2, 0.25) is 0 Å². The Balaban J connectivity index is 1.52. The number of benzene rings is 1. The molecule has 1 N–H and O–H groups in total. The second-order valence-electron chi connectivity index (χ2n) is 8.28. The van der Waals surface area contributed by atoms with Crippen LogP contribution in [0.1, 0.15) is 27.6 Å². The van der Waals surface area contributed by atoms with E-state index in [-0.39, 0.29) is 29.3 Å². The Bertz CT molecular complexity index is 1190. The van der Waals surface area contributed by atoms with Crippen molar-refractivity contribution in [1.29, 1.82) is 0 Å². The number of hydrogen-bond donors (Lipinski definition) is 1. The van der Waals surface area contributed by atoms with Crippen LogP contribution in [-0.4, -0.2) is 77.6 Å². The molecule has 1 fully saturated rings. The normalized spacial score (nSPS) is 14.2. The highest BCUT2D eigenvalue weighted by molar-refractivity contribution is 6.04. The summed E-state index contributed by atoms with van der Waals surface area (Å²) in [6, 6.07) is 11.5. The van der Waals surface area contributed by atoms with Crippen LogP contribution in [0.4, 0.5) is 5.82 Å². The number of carbonyl (C=O) groups excluding carboxylic acids is 2. The molecular weight excluding hydrogens is 466 g/mol. The van der Waals surface area contributed by atoms with Crippen molar-refractivity contribution < 1.29 is 28.5 Å². The third-order valence-corrected chi connectivity index (χ3v) is 5.34. The van der Waals surface area contributed by atoms with E-state index in [1.807, 2.05) is 6.92 Å². The maximum Gasteiger partial charge on any atom is 0.257 e. The lowest BCUT2D eigenvalue weighted by atomic mass is 10.2. The molecule has 0 radical (unpaired) electrons. The van der Waals surface area contributed by atoms with Gasteiger partial charge in [-0.15, -0.1) is 0 Å². The van der Waals surface area contributed by atoms with Gasteiger partial charge in [0.05, 0.1) is 25.4 Å². The number of hydrogen-bond acceptors (Lipinski definition) is 8. The summed E-state index contributed by atoms with van der Waals surface area (Å²) in [5.41, 5.74) is 0.836. The van der Waals surface area contributed by atoms with Gasteiger partial charge in [0, 0.05) is 57.2 Å². The molecule has 1 saturated heterocycles. The molecule has 0 saturated carbocycles. The highest BCUT2D eigenvalue weighted by atomic mass is 16.5. The maximum atomic E-state index is 12.9. The third kappa shape index (κ3) is 6.58. The van der Waals surface area contributed by atoms with Gasteiger partial charge in [0.1, 0.15) is 11.9 Å². The van der Waals surface area contributed by atoms with Crippen molar-refractivity contribution in [3.63, 3.8) is 0 Å². The number of amides is 2. The minimum Gasteiger partial charge on any atom is -0.472 e. The van der Waals surface area contributed by atoms with Gasteiger partial charge in [-0.25, -0.2) is 0 Å². The van der Waals surface area contributed by atoms with E-state index in [0.29, 0.717) is 50.0 Å². The van der Waals surface area contributed by atoms with Gasteiger partial charge in [0.15, 0.2) is 5.82 Å². The molecular formula is C25H29N5O6. The number of rotatable bonds is 9. The lowest BCUT2D eigenvalue weighted by Crippen LogP contribution is -2.40. The fraction of sp³-hybridized carbons (Fsp3) is 0.360. The summed E-state index contributed by atoms with van der Waals surface area (Å²) in [6.45, 7) is 4.39. The molecule has 1 aliphatic rings.